The van der Waals surface area contributed by atoms with Gasteiger partial charge in [0.2, 0.25) is 0 Å². The van der Waals surface area contributed by atoms with Crippen molar-refractivity contribution in [2.24, 2.45) is 0 Å². The number of anilines is 2. The predicted molar refractivity (Wildman–Crippen MR) is 135 cm³/mol. The van der Waals surface area contributed by atoms with Crippen LogP contribution in [-0.4, -0.2) is 37.9 Å². The molecule has 2 N–H and O–H groups in total. The van der Waals surface area contributed by atoms with Gasteiger partial charge in [-0.3, -0.25) is 0 Å². The van der Waals surface area contributed by atoms with E-state index in [1.165, 1.54) is 0 Å². The molecule has 176 valence electrons. The number of fused-ring (bicyclic) bond motifs is 2. The normalized spacial score (nSPS) is 11.0. The van der Waals surface area contributed by atoms with Gasteiger partial charge in [0.1, 0.15) is 11.5 Å². The second-order valence-corrected chi connectivity index (χ2v) is 8.26. The van der Waals surface area contributed by atoms with E-state index in [-0.39, 0.29) is 6.04 Å². The fourth-order valence-corrected chi connectivity index (χ4v) is 3.78. The summed E-state index contributed by atoms with van der Waals surface area (Å²) in [5, 5.41) is 8.28. The molecule has 0 aliphatic carbocycles. The Labute approximate surface area is 199 Å². The number of benzene rings is 3. The van der Waals surface area contributed by atoms with Crippen LogP contribution in [0.1, 0.15) is 19.4 Å². The first-order valence-corrected chi connectivity index (χ1v) is 11.2. The van der Waals surface area contributed by atoms with Crippen molar-refractivity contribution < 1.29 is 19.0 Å². The molecule has 0 saturated carbocycles. The van der Waals surface area contributed by atoms with E-state index in [1.54, 1.807) is 14.2 Å². The molecule has 0 aliphatic rings. The van der Waals surface area contributed by atoms with E-state index < -0.39 is 6.09 Å². The summed E-state index contributed by atoms with van der Waals surface area (Å²) < 4.78 is 16.1. The van der Waals surface area contributed by atoms with Gasteiger partial charge in [0, 0.05) is 41.1 Å². The number of alkyl carbamates (subject to hydrolysis) is 1. The lowest BCUT2D eigenvalue weighted by atomic mass is 10.1. The molecule has 1 aromatic heterocycles. The van der Waals surface area contributed by atoms with Crippen molar-refractivity contribution in [2.45, 2.75) is 26.3 Å². The molecule has 4 aromatic rings. The van der Waals surface area contributed by atoms with Gasteiger partial charge in [-0.25, -0.2) is 9.78 Å². The van der Waals surface area contributed by atoms with Crippen LogP contribution >= 0.6 is 0 Å². The molecule has 4 rings (SSSR count). The van der Waals surface area contributed by atoms with E-state index in [9.17, 15) is 4.79 Å². The molecule has 0 spiro atoms. The molecule has 0 fully saturated rings. The highest BCUT2D eigenvalue weighted by Crippen LogP contribution is 2.36. The van der Waals surface area contributed by atoms with Crippen molar-refractivity contribution >= 4 is 39.3 Å². The van der Waals surface area contributed by atoms with Gasteiger partial charge in [0.05, 0.1) is 37.5 Å². The molecule has 0 saturated heterocycles. The smallest absolute Gasteiger partial charge is 0.407 e. The van der Waals surface area contributed by atoms with Crippen LogP contribution in [0.5, 0.6) is 11.5 Å². The van der Waals surface area contributed by atoms with Gasteiger partial charge in [-0.15, -0.1) is 0 Å². The summed E-state index contributed by atoms with van der Waals surface area (Å²) in [5.74, 6) is 1.49. The van der Waals surface area contributed by atoms with Crippen LogP contribution in [0.2, 0.25) is 0 Å². The Morgan fingerprint density at radius 1 is 0.912 bits per heavy atom. The summed E-state index contributed by atoms with van der Waals surface area (Å²) in [6.07, 6.45) is 0.220. The Morgan fingerprint density at radius 2 is 1.56 bits per heavy atom. The minimum Gasteiger partial charge on any atom is -0.497 e. The number of pyridine rings is 1. The lowest BCUT2D eigenvalue weighted by Crippen LogP contribution is -2.31. The van der Waals surface area contributed by atoms with Crippen LogP contribution in [0, 0.1) is 0 Å². The van der Waals surface area contributed by atoms with E-state index in [4.69, 9.17) is 19.2 Å². The third-order valence-electron chi connectivity index (χ3n) is 5.42. The van der Waals surface area contributed by atoms with Crippen molar-refractivity contribution in [1.29, 1.82) is 0 Å². The number of hydrogen-bond acceptors (Lipinski definition) is 6. The van der Waals surface area contributed by atoms with Gasteiger partial charge in [0.25, 0.3) is 0 Å². The van der Waals surface area contributed by atoms with Crippen LogP contribution in [0.3, 0.4) is 0 Å². The minimum atomic E-state index is -0.398. The molecule has 34 heavy (non-hydrogen) atoms. The van der Waals surface area contributed by atoms with E-state index >= 15 is 0 Å². The summed E-state index contributed by atoms with van der Waals surface area (Å²) in [5.41, 5.74) is 4.60. The monoisotopic (exact) mass is 459 g/mol. The highest BCUT2D eigenvalue weighted by molar-refractivity contribution is 6.09. The minimum absolute atomic E-state index is 0.0463. The number of hydrogen-bond donors (Lipinski definition) is 2. The maximum absolute atomic E-state index is 11.7. The molecule has 7 nitrogen and oxygen atoms in total. The van der Waals surface area contributed by atoms with Crippen molar-refractivity contribution in [3.05, 3.63) is 66.2 Å². The van der Waals surface area contributed by atoms with Gasteiger partial charge in [-0.2, -0.15) is 0 Å². The van der Waals surface area contributed by atoms with Gasteiger partial charge < -0.3 is 24.8 Å². The van der Waals surface area contributed by atoms with E-state index in [0.717, 1.165) is 50.2 Å². The molecular formula is C27H29N3O4. The predicted octanol–water partition coefficient (Wildman–Crippen LogP) is 5.83. The molecular weight excluding hydrogens is 430 g/mol. The Kier molecular flexibility index (Phi) is 7.01. The third kappa shape index (κ3) is 5.31. The van der Waals surface area contributed by atoms with Gasteiger partial charge in [-0.05, 0) is 55.8 Å². The number of ether oxygens (including phenoxy) is 3. The first kappa shape index (κ1) is 23.2. The Morgan fingerprint density at radius 3 is 2.15 bits per heavy atom. The van der Waals surface area contributed by atoms with Crippen LogP contribution in [0.4, 0.5) is 16.2 Å². The SMILES string of the molecule is COc1ccc2c(Nc3cccc(CCOC(=O)NC(C)C)c3)c3ccc(OC)cc3nc2c1. The molecule has 3 aromatic carbocycles. The molecule has 0 radical (unpaired) electrons. The second kappa shape index (κ2) is 10.3. The number of aromatic nitrogens is 1. The van der Waals surface area contributed by atoms with E-state index in [0.29, 0.717) is 13.0 Å². The number of carbonyl (C=O) groups is 1. The fraction of sp³-hybridized carbons (Fsp3) is 0.259. The zero-order chi connectivity index (χ0) is 24.1. The van der Waals surface area contributed by atoms with Crippen LogP contribution in [-0.2, 0) is 11.2 Å². The number of rotatable bonds is 8. The van der Waals surface area contributed by atoms with Crippen molar-refractivity contribution in [3.63, 3.8) is 0 Å². The van der Waals surface area contributed by atoms with Crippen LogP contribution in [0.25, 0.3) is 21.8 Å². The average molecular weight is 460 g/mol. The Hall–Kier alpha value is -4.00. The molecule has 1 heterocycles. The summed E-state index contributed by atoms with van der Waals surface area (Å²) in [4.78, 5) is 16.6. The zero-order valence-corrected chi connectivity index (χ0v) is 19.8. The first-order chi connectivity index (χ1) is 16.5. The third-order valence-corrected chi connectivity index (χ3v) is 5.42. The average Bonchev–Trinajstić information content (AvgIpc) is 2.83. The lowest BCUT2D eigenvalue weighted by molar-refractivity contribution is 0.145. The zero-order valence-electron chi connectivity index (χ0n) is 19.8. The quantitative estimate of drug-likeness (QED) is 0.323. The molecule has 0 aliphatic heterocycles. The number of amides is 1. The molecule has 1 amide bonds. The summed E-state index contributed by atoms with van der Waals surface area (Å²) in [7, 11) is 3.29. The summed E-state index contributed by atoms with van der Waals surface area (Å²) >= 11 is 0. The van der Waals surface area contributed by atoms with Gasteiger partial charge in [0.15, 0.2) is 0 Å². The first-order valence-electron chi connectivity index (χ1n) is 11.2. The van der Waals surface area contributed by atoms with Crippen molar-refractivity contribution in [3.8, 4) is 11.5 Å². The van der Waals surface area contributed by atoms with E-state index in [2.05, 4.69) is 16.7 Å². The fourth-order valence-electron chi connectivity index (χ4n) is 3.78. The number of methoxy groups -OCH3 is 2. The van der Waals surface area contributed by atoms with E-state index in [1.807, 2.05) is 68.4 Å². The number of nitrogens with one attached hydrogen (secondary N) is 2. The highest BCUT2D eigenvalue weighted by Gasteiger charge is 2.12. The van der Waals surface area contributed by atoms with Crippen molar-refractivity contribution in [1.82, 2.24) is 10.3 Å². The summed E-state index contributed by atoms with van der Waals surface area (Å²) in [6, 6.07) is 19.9. The lowest BCUT2D eigenvalue weighted by Gasteiger charge is -2.15. The highest BCUT2D eigenvalue weighted by atomic mass is 16.5. The topological polar surface area (TPSA) is 81.7 Å². The maximum atomic E-state index is 11.7. The largest absolute Gasteiger partial charge is 0.497 e. The number of carbonyl (C=O) groups excluding carboxylic acids is 1. The standard InChI is InChI=1S/C27H29N3O4/c1-17(2)28-27(31)34-13-12-18-6-5-7-19(14-18)29-26-22-10-8-20(32-3)15-24(22)30-25-16-21(33-4)9-11-23(25)26/h5-11,14-17H,12-13H2,1-4H3,(H,28,31)(H,29,30). The van der Waals surface area contributed by atoms with Gasteiger partial charge >= 0.3 is 6.09 Å². The molecule has 0 atom stereocenters. The Balaban J connectivity index is 1.64. The maximum Gasteiger partial charge on any atom is 0.407 e. The molecule has 7 heteroatoms. The van der Waals surface area contributed by atoms with Crippen molar-refractivity contribution in [2.75, 3.05) is 26.1 Å². The Bertz CT molecular complexity index is 1260. The molecule has 0 bridgehead atoms. The second-order valence-electron chi connectivity index (χ2n) is 8.26. The van der Waals surface area contributed by atoms with Crippen LogP contribution in [0.15, 0.2) is 60.7 Å². The molecule has 0 unspecified atom stereocenters. The van der Waals surface area contributed by atoms with Crippen LogP contribution < -0.4 is 20.1 Å². The number of nitrogens with zero attached hydrogens (tertiary/aromatic N) is 1. The summed E-state index contributed by atoms with van der Waals surface area (Å²) in [6.45, 7) is 4.10. The van der Waals surface area contributed by atoms with Gasteiger partial charge in [-0.1, -0.05) is 12.1 Å².